The van der Waals surface area contributed by atoms with Crippen molar-refractivity contribution in [2.24, 2.45) is 0 Å². The van der Waals surface area contributed by atoms with Gasteiger partial charge in [0.2, 0.25) is 0 Å². The zero-order valence-corrected chi connectivity index (χ0v) is 11.6. The molecule has 2 fully saturated rings. The van der Waals surface area contributed by atoms with E-state index in [1.54, 1.807) is 4.90 Å². The van der Waals surface area contributed by atoms with Gasteiger partial charge in [-0.2, -0.15) is 0 Å². The first-order chi connectivity index (χ1) is 8.58. The van der Waals surface area contributed by atoms with Gasteiger partial charge in [-0.15, -0.1) is 11.3 Å². The number of likely N-dealkylation sites (tertiary alicyclic amines) is 1. The maximum atomic E-state index is 11.5. The summed E-state index contributed by atoms with van der Waals surface area (Å²) in [4.78, 5) is 17.0. The van der Waals surface area contributed by atoms with Gasteiger partial charge in [-0.25, -0.2) is 4.79 Å². The van der Waals surface area contributed by atoms with Gasteiger partial charge >= 0.3 is 6.09 Å². The molecule has 0 radical (unpaired) electrons. The molecule has 18 heavy (non-hydrogen) atoms. The number of amides is 1. The normalized spacial score (nSPS) is 28.3. The smallest absolute Gasteiger partial charge is 0.410 e. The number of nitrogens with zero attached hydrogens (tertiary/aromatic N) is 2. The highest BCUT2D eigenvalue weighted by Crippen LogP contribution is 2.33. The van der Waals surface area contributed by atoms with Crippen molar-refractivity contribution >= 4 is 17.4 Å². The van der Waals surface area contributed by atoms with E-state index < -0.39 is 0 Å². The summed E-state index contributed by atoms with van der Waals surface area (Å²) in [6, 6.07) is 2.16. The maximum absolute atomic E-state index is 11.5. The summed E-state index contributed by atoms with van der Waals surface area (Å²) in [7, 11) is 1.81. The van der Waals surface area contributed by atoms with Gasteiger partial charge in [0.15, 0.2) is 0 Å². The Labute approximate surface area is 111 Å². The molecule has 4 nitrogen and oxygen atoms in total. The lowest BCUT2D eigenvalue weighted by Gasteiger charge is -2.21. The highest BCUT2D eigenvalue weighted by Gasteiger charge is 2.48. The minimum atomic E-state index is -0.253. The number of likely N-dealkylation sites (N-methyl/N-ethyl adjacent to an activating group) is 1. The third-order valence-electron chi connectivity index (χ3n) is 3.87. The summed E-state index contributed by atoms with van der Waals surface area (Å²) < 4.78 is 5.55. The van der Waals surface area contributed by atoms with E-state index in [0.29, 0.717) is 0 Å². The molecule has 3 rings (SSSR count). The van der Waals surface area contributed by atoms with Gasteiger partial charge in [-0.1, -0.05) is 0 Å². The Morgan fingerprint density at radius 1 is 1.50 bits per heavy atom. The number of hydrogen-bond donors (Lipinski definition) is 0. The van der Waals surface area contributed by atoms with Crippen LogP contribution in [0.4, 0.5) is 4.79 Å². The van der Waals surface area contributed by atoms with Crippen LogP contribution in [0.3, 0.4) is 0 Å². The van der Waals surface area contributed by atoms with Crippen molar-refractivity contribution in [3.8, 4) is 0 Å². The molecule has 0 bridgehead atoms. The van der Waals surface area contributed by atoms with Gasteiger partial charge in [0.1, 0.15) is 5.60 Å². The molecular weight excluding hydrogens is 248 g/mol. The fourth-order valence-electron chi connectivity index (χ4n) is 2.84. The summed E-state index contributed by atoms with van der Waals surface area (Å²) in [5.74, 6) is 0. The van der Waals surface area contributed by atoms with E-state index in [1.807, 2.05) is 18.4 Å². The standard InChI is InChI=1S/C13H18N2O2S/c1-10-3-6-18-11(10)7-15-5-4-13(9-15)8-14(2)12(16)17-13/h3,6H,4-5,7-9H2,1-2H3. The van der Waals surface area contributed by atoms with Gasteiger partial charge in [0.25, 0.3) is 0 Å². The van der Waals surface area contributed by atoms with Crippen LogP contribution in [-0.4, -0.2) is 48.2 Å². The van der Waals surface area contributed by atoms with E-state index >= 15 is 0 Å². The second kappa shape index (κ2) is 4.24. The van der Waals surface area contributed by atoms with Crippen LogP contribution in [0.25, 0.3) is 0 Å². The predicted octanol–water partition coefficient (Wildman–Crippen LogP) is 2.08. The Morgan fingerprint density at radius 3 is 2.94 bits per heavy atom. The Morgan fingerprint density at radius 2 is 2.33 bits per heavy atom. The number of carbonyl (C=O) groups excluding carboxylic acids is 1. The lowest BCUT2D eigenvalue weighted by molar-refractivity contribution is 0.0628. The van der Waals surface area contributed by atoms with Crippen LogP contribution < -0.4 is 0 Å². The summed E-state index contributed by atoms with van der Waals surface area (Å²) in [6.07, 6.45) is 0.775. The number of ether oxygens (including phenoxy) is 1. The molecule has 1 unspecified atom stereocenters. The summed E-state index contributed by atoms with van der Waals surface area (Å²) >= 11 is 1.81. The first kappa shape index (κ1) is 12.0. The molecule has 0 saturated carbocycles. The minimum absolute atomic E-state index is 0.177. The molecule has 0 aliphatic carbocycles. The summed E-state index contributed by atoms with van der Waals surface area (Å²) in [5.41, 5.74) is 1.11. The van der Waals surface area contributed by atoms with Crippen LogP contribution in [0.5, 0.6) is 0 Å². The third kappa shape index (κ3) is 2.01. The van der Waals surface area contributed by atoms with Crippen molar-refractivity contribution in [3.63, 3.8) is 0 Å². The molecule has 0 aromatic carbocycles. The Kier molecular flexibility index (Phi) is 2.83. The molecule has 2 aliphatic heterocycles. The van der Waals surface area contributed by atoms with E-state index in [-0.39, 0.29) is 11.7 Å². The monoisotopic (exact) mass is 266 g/mol. The van der Waals surface area contributed by atoms with Gasteiger partial charge < -0.3 is 9.64 Å². The highest BCUT2D eigenvalue weighted by molar-refractivity contribution is 7.10. The number of thiophene rings is 1. The van der Waals surface area contributed by atoms with Crippen molar-refractivity contribution < 1.29 is 9.53 Å². The van der Waals surface area contributed by atoms with Crippen LogP contribution in [-0.2, 0) is 11.3 Å². The second-order valence-corrected chi connectivity index (χ2v) is 6.40. The van der Waals surface area contributed by atoms with E-state index in [1.165, 1.54) is 10.4 Å². The maximum Gasteiger partial charge on any atom is 0.410 e. The zero-order chi connectivity index (χ0) is 12.8. The molecular formula is C13H18N2O2S. The molecule has 3 heterocycles. The first-order valence-corrected chi connectivity index (χ1v) is 7.15. The number of carbonyl (C=O) groups is 1. The van der Waals surface area contributed by atoms with Crippen LogP contribution in [0.15, 0.2) is 11.4 Å². The molecule has 5 heteroatoms. The lowest BCUT2D eigenvalue weighted by atomic mass is 10.0. The summed E-state index contributed by atoms with van der Waals surface area (Å²) in [6.45, 7) is 5.73. The van der Waals surface area contributed by atoms with Crippen LogP contribution in [0, 0.1) is 6.92 Å². The van der Waals surface area contributed by atoms with Crippen LogP contribution >= 0.6 is 11.3 Å². The minimum Gasteiger partial charge on any atom is -0.439 e. The van der Waals surface area contributed by atoms with Crippen molar-refractivity contribution in [2.45, 2.75) is 25.5 Å². The Balaban J connectivity index is 1.66. The first-order valence-electron chi connectivity index (χ1n) is 6.27. The predicted molar refractivity (Wildman–Crippen MR) is 70.8 cm³/mol. The molecule has 2 aliphatic rings. The molecule has 1 spiro atoms. The largest absolute Gasteiger partial charge is 0.439 e. The fraction of sp³-hybridized carbons (Fsp3) is 0.615. The molecule has 1 atom stereocenters. The molecule has 98 valence electrons. The summed E-state index contributed by atoms with van der Waals surface area (Å²) in [5, 5.41) is 2.14. The fourth-order valence-corrected chi connectivity index (χ4v) is 3.78. The molecule has 1 aromatic heterocycles. The number of hydrogen-bond acceptors (Lipinski definition) is 4. The quantitative estimate of drug-likeness (QED) is 0.821. The average Bonchev–Trinajstić information content (AvgIpc) is 2.95. The van der Waals surface area contributed by atoms with E-state index in [2.05, 4.69) is 23.3 Å². The van der Waals surface area contributed by atoms with Crippen molar-refractivity contribution in [1.29, 1.82) is 0 Å². The number of aryl methyl sites for hydroxylation is 1. The molecule has 2 saturated heterocycles. The van der Waals surface area contributed by atoms with Crippen molar-refractivity contribution in [3.05, 3.63) is 21.9 Å². The van der Waals surface area contributed by atoms with Gasteiger partial charge in [0.05, 0.1) is 6.54 Å². The number of rotatable bonds is 2. The highest BCUT2D eigenvalue weighted by atomic mass is 32.1. The van der Waals surface area contributed by atoms with Crippen molar-refractivity contribution in [2.75, 3.05) is 26.7 Å². The third-order valence-corrected chi connectivity index (χ3v) is 4.88. The zero-order valence-electron chi connectivity index (χ0n) is 10.8. The Hall–Kier alpha value is -1.07. The Bertz CT molecular complexity index is 473. The van der Waals surface area contributed by atoms with E-state index in [0.717, 1.165) is 32.6 Å². The average molecular weight is 266 g/mol. The van der Waals surface area contributed by atoms with Gasteiger partial charge in [0, 0.05) is 38.0 Å². The second-order valence-electron chi connectivity index (χ2n) is 5.39. The van der Waals surface area contributed by atoms with E-state index in [4.69, 9.17) is 4.74 Å². The van der Waals surface area contributed by atoms with E-state index in [9.17, 15) is 4.79 Å². The SMILES string of the molecule is Cc1ccsc1CN1CCC2(C1)CN(C)C(=O)O2. The van der Waals surface area contributed by atoms with Crippen molar-refractivity contribution in [1.82, 2.24) is 9.80 Å². The lowest BCUT2D eigenvalue weighted by Crippen LogP contribution is -2.36. The van der Waals surface area contributed by atoms with Gasteiger partial charge in [-0.05, 0) is 23.9 Å². The molecule has 0 N–H and O–H groups in total. The molecule has 1 aromatic rings. The van der Waals surface area contributed by atoms with Gasteiger partial charge in [-0.3, -0.25) is 4.90 Å². The van der Waals surface area contributed by atoms with Crippen LogP contribution in [0.2, 0.25) is 0 Å². The molecule has 1 amide bonds. The topological polar surface area (TPSA) is 32.8 Å². The van der Waals surface area contributed by atoms with Crippen LogP contribution in [0.1, 0.15) is 16.9 Å².